The minimum Gasteiger partial charge on any atom is -0.179 e. The Morgan fingerprint density at radius 2 is 0.812 bits per heavy atom. The van der Waals surface area contributed by atoms with Crippen LogP contribution >= 0.6 is 23.2 Å². The van der Waals surface area contributed by atoms with Gasteiger partial charge in [0, 0.05) is 0 Å². The van der Waals surface area contributed by atoms with Crippen LogP contribution in [0.1, 0.15) is 0 Å². The van der Waals surface area contributed by atoms with E-state index in [4.69, 9.17) is 0 Å². The van der Waals surface area contributed by atoms with Crippen LogP contribution in [0.15, 0.2) is 0 Å². The van der Waals surface area contributed by atoms with E-state index in [1.807, 2.05) is 0 Å². The molecule has 0 saturated carbocycles. The van der Waals surface area contributed by atoms with Crippen molar-refractivity contribution in [2.45, 2.75) is 22.9 Å². The van der Waals surface area contributed by atoms with Gasteiger partial charge in [0.1, 0.15) is 0 Å². The molecule has 0 saturated heterocycles. The standard InChI is InChI=1S/C4Cl2F9N/c5-1(7,8)3(11,12)16(15)4(13,14)2(6,9)10. The zero-order valence-electron chi connectivity index (χ0n) is 6.60. The normalized spacial score (nSPS) is 15.8. The first-order valence-electron chi connectivity index (χ1n) is 3.01. The Hall–Kier alpha value is -0.0900. The molecule has 1 nitrogen and oxygen atoms in total. The van der Waals surface area contributed by atoms with E-state index in [2.05, 4.69) is 23.2 Å². The van der Waals surface area contributed by atoms with E-state index in [-0.39, 0.29) is 0 Å². The molecule has 0 fully saturated rings. The number of halogens is 11. The highest BCUT2D eigenvalue weighted by Gasteiger charge is 2.74. The Kier molecular flexibility index (Phi) is 3.96. The fraction of sp³-hybridized carbons (Fsp3) is 1.00. The van der Waals surface area contributed by atoms with Crippen LogP contribution in [0.2, 0.25) is 0 Å². The summed E-state index contributed by atoms with van der Waals surface area (Å²) in [6.45, 7) is 0. The lowest BCUT2D eigenvalue weighted by Crippen LogP contribution is -2.60. The average Bonchev–Trinajstić information content (AvgIpc) is 1.98. The molecule has 0 spiro atoms. The molecule has 0 aliphatic heterocycles. The lowest BCUT2D eigenvalue weighted by molar-refractivity contribution is -0.418. The maximum absolute atomic E-state index is 12.2. The van der Waals surface area contributed by atoms with Gasteiger partial charge in [-0.3, -0.25) is 0 Å². The Bertz CT molecular complexity index is 229. The first kappa shape index (κ1) is 15.9. The summed E-state index contributed by atoms with van der Waals surface area (Å²) < 4.78 is 108. The van der Waals surface area contributed by atoms with Gasteiger partial charge < -0.3 is 0 Å². The van der Waals surface area contributed by atoms with Gasteiger partial charge in [-0.05, 0) is 28.3 Å². The van der Waals surface area contributed by atoms with Gasteiger partial charge in [0.2, 0.25) is 0 Å². The highest BCUT2D eigenvalue weighted by Crippen LogP contribution is 2.50. The summed E-state index contributed by atoms with van der Waals surface area (Å²) in [5, 5.41) is -15.1. The second-order valence-corrected chi connectivity index (χ2v) is 3.31. The predicted octanol–water partition coefficient (Wildman–Crippen LogP) is 4.02. The molecule has 0 aromatic heterocycles. The summed E-state index contributed by atoms with van der Waals surface area (Å²) >= 11 is 7.18. The summed E-state index contributed by atoms with van der Waals surface area (Å²) in [7, 11) is 0. The van der Waals surface area contributed by atoms with Crippen LogP contribution < -0.4 is 0 Å². The Labute approximate surface area is 91.6 Å². The minimum absolute atomic E-state index is 3.39. The highest BCUT2D eigenvalue weighted by atomic mass is 35.5. The number of nitrogens with zero attached hydrogens (tertiary/aromatic N) is 1. The second kappa shape index (κ2) is 3.98. The molecular formula is C4Cl2F9N. The second-order valence-electron chi connectivity index (χ2n) is 2.36. The molecular weight excluding hydrogens is 304 g/mol. The highest BCUT2D eigenvalue weighted by molar-refractivity contribution is 6.22. The van der Waals surface area contributed by atoms with E-state index in [0.717, 1.165) is 0 Å². The van der Waals surface area contributed by atoms with Gasteiger partial charge in [-0.2, -0.15) is 35.1 Å². The molecule has 0 aliphatic rings. The van der Waals surface area contributed by atoms with Crippen LogP contribution in [0.25, 0.3) is 0 Å². The van der Waals surface area contributed by atoms with E-state index in [1.165, 1.54) is 0 Å². The molecule has 0 N–H and O–H groups in total. The third-order valence-electron chi connectivity index (χ3n) is 1.18. The van der Waals surface area contributed by atoms with Crippen LogP contribution in [-0.2, 0) is 0 Å². The third kappa shape index (κ3) is 2.59. The van der Waals surface area contributed by atoms with Gasteiger partial charge in [-0.15, -0.1) is 4.48 Å². The molecule has 0 radical (unpaired) electrons. The molecule has 0 rings (SSSR count). The van der Waals surface area contributed by atoms with E-state index in [0.29, 0.717) is 0 Å². The Balaban J connectivity index is 5.30. The lowest BCUT2D eigenvalue weighted by Gasteiger charge is -2.32. The number of hydrogen-bond donors (Lipinski definition) is 0. The minimum atomic E-state index is -6.38. The first-order valence-corrected chi connectivity index (χ1v) is 3.76. The molecule has 98 valence electrons. The van der Waals surface area contributed by atoms with Crippen LogP contribution in [0.3, 0.4) is 0 Å². The van der Waals surface area contributed by atoms with Gasteiger partial charge in [0.15, 0.2) is 0 Å². The number of alkyl halides is 10. The van der Waals surface area contributed by atoms with E-state index >= 15 is 0 Å². The largest absolute Gasteiger partial charge is 0.412 e. The van der Waals surface area contributed by atoms with Crippen LogP contribution in [0.4, 0.5) is 39.6 Å². The van der Waals surface area contributed by atoms with E-state index in [9.17, 15) is 39.6 Å². The van der Waals surface area contributed by atoms with Crippen LogP contribution in [-0.4, -0.2) is 28.0 Å². The summed E-state index contributed by atoms with van der Waals surface area (Å²) in [5.41, 5.74) is 0. The van der Waals surface area contributed by atoms with Crippen molar-refractivity contribution < 1.29 is 39.6 Å². The average molecular weight is 304 g/mol. The summed E-state index contributed by atoms with van der Waals surface area (Å²) in [5.74, 6) is 0. The fourth-order valence-electron chi connectivity index (χ4n) is 0.399. The van der Waals surface area contributed by atoms with E-state index in [1.54, 1.807) is 0 Å². The fourth-order valence-corrected chi connectivity index (χ4v) is 0.547. The molecule has 0 unspecified atom stereocenters. The topological polar surface area (TPSA) is 3.24 Å². The van der Waals surface area contributed by atoms with Crippen molar-refractivity contribution in [3.05, 3.63) is 0 Å². The monoisotopic (exact) mass is 303 g/mol. The first-order chi connectivity index (χ1) is 6.65. The molecule has 16 heavy (non-hydrogen) atoms. The van der Waals surface area contributed by atoms with E-state index < -0.39 is 28.0 Å². The van der Waals surface area contributed by atoms with Gasteiger partial charge in [-0.25, -0.2) is 0 Å². The molecule has 0 atom stereocenters. The Morgan fingerprint density at radius 3 is 0.938 bits per heavy atom. The summed E-state index contributed by atoms with van der Waals surface area (Å²) in [4.78, 5) is 0. The maximum atomic E-state index is 12.2. The molecule has 0 aromatic carbocycles. The van der Waals surface area contributed by atoms with Gasteiger partial charge in [0.05, 0.1) is 0 Å². The third-order valence-corrected chi connectivity index (χ3v) is 1.63. The van der Waals surface area contributed by atoms with Gasteiger partial charge >= 0.3 is 22.9 Å². The predicted molar refractivity (Wildman–Crippen MR) is 34.4 cm³/mol. The summed E-state index contributed by atoms with van der Waals surface area (Å²) in [6.07, 6.45) is 0. The van der Waals surface area contributed by atoms with Gasteiger partial charge in [-0.1, -0.05) is 0 Å². The zero-order valence-corrected chi connectivity index (χ0v) is 8.12. The lowest BCUT2D eigenvalue weighted by atomic mass is 10.4. The van der Waals surface area contributed by atoms with Gasteiger partial charge in [0.25, 0.3) is 0 Å². The smallest absolute Gasteiger partial charge is 0.179 e. The summed E-state index contributed by atoms with van der Waals surface area (Å²) in [6, 6.07) is -12.8. The zero-order chi connectivity index (χ0) is 13.6. The van der Waals surface area contributed by atoms with Crippen molar-refractivity contribution in [2.24, 2.45) is 0 Å². The molecule has 0 bridgehead atoms. The van der Waals surface area contributed by atoms with Crippen LogP contribution in [0, 0.1) is 0 Å². The van der Waals surface area contributed by atoms with Crippen molar-refractivity contribution in [1.82, 2.24) is 5.12 Å². The molecule has 0 amide bonds. The van der Waals surface area contributed by atoms with Crippen molar-refractivity contribution in [3.63, 3.8) is 0 Å². The molecule has 0 heterocycles. The van der Waals surface area contributed by atoms with Crippen LogP contribution in [0.5, 0.6) is 0 Å². The Morgan fingerprint density at radius 1 is 0.625 bits per heavy atom. The van der Waals surface area contributed by atoms with Crippen molar-refractivity contribution in [3.8, 4) is 0 Å². The molecule has 0 aromatic rings. The van der Waals surface area contributed by atoms with Crippen molar-refractivity contribution in [2.75, 3.05) is 0 Å². The van der Waals surface area contributed by atoms with Crippen molar-refractivity contribution in [1.29, 1.82) is 0 Å². The maximum Gasteiger partial charge on any atom is 0.412 e. The quantitative estimate of drug-likeness (QED) is 0.328. The SMILES string of the molecule is FN(C(F)(F)C(F)(F)Cl)C(F)(F)C(F)(F)Cl. The van der Waals surface area contributed by atoms with Crippen molar-refractivity contribution >= 4 is 23.2 Å². The molecule has 12 heteroatoms. The molecule has 0 aliphatic carbocycles. The number of rotatable bonds is 4. The number of hydrogen-bond acceptors (Lipinski definition) is 1.